The van der Waals surface area contributed by atoms with E-state index in [0.29, 0.717) is 12.0 Å². The number of aryl methyl sites for hydroxylation is 2. The van der Waals surface area contributed by atoms with E-state index < -0.39 is 0 Å². The molecule has 1 fully saturated rings. The molecule has 2 aromatic rings. The topological polar surface area (TPSA) is 45.7 Å². The second kappa shape index (κ2) is 9.26. The van der Waals surface area contributed by atoms with Gasteiger partial charge in [-0.05, 0) is 50.2 Å². The van der Waals surface area contributed by atoms with Gasteiger partial charge in [-0.3, -0.25) is 9.69 Å². The Morgan fingerprint density at radius 3 is 2.93 bits per heavy atom. The van der Waals surface area contributed by atoms with Crippen LogP contribution in [0.4, 0.5) is 0 Å². The molecule has 3 heterocycles. The lowest BCUT2D eigenvalue weighted by Crippen LogP contribution is -2.52. The van der Waals surface area contributed by atoms with E-state index in [1.807, 2.05) is 29.6 Å². The van der Waals surface area contributed by atoms with E-state index in [4.69, 9.17) is 4.74 Å². The van der Waals surface area contributed by atoms with Crippen molar-refractivity contribution in [3.8, 4) is 5.75 Å². The third kappa shape index (κ3) is 4.81. The monoisotopic (exact) mass is 413 g/mol. The predicted octanol–water partition coefficient (Wildman–Crippen LogP) is 3.91. The maximum atomic E-state index is 12.9. The Balaban J connectivity index is 1.47. The summed E-state index contributed by atoms with van der Waals surface area (Å²) >= 11 is 1.75. The maximum absolute atomic E-state index is 12.9. The van der Waals surface area contributed by atoms with Crippen molar-refractivity contribution in [3.63, 3.8) is 0 Å². The Hall–Kier alpha value is -1.92. The number of ether oxygens (including phenoxy) is 1. The van der Waals surface area contributed by atoms with Crippen molar-refractivity contribution in [1.82, 2.24) is 14.8 Å². The SMILES string of the molecule is Cc1ncsc1CN1CC[C@@H]2[C@@H](CCCCc3ccccc3OCC(=O)N2C)C1. The van der Waals surface area contributed by atoms with Crippen molar-refractivity contribution in [2.75, 3.05) is 26.7 Å². The molecule has 1 aromatic heterocycles. The highest BCUT2D eigenvalue weighted by Crippen LogP contribution is 2.30. The summed E-state index contributed by atoms with van der Waals surface area (Å²) in [7, 11) is 1.96. The molecule has 0 saturated carbocycles. The molecular formula is C23H31N3O2S. The van der Waals surface area contributed by atoms with Gasteiger partial charge in [0.25, 0.3) is 5.91 Å². The lowest BCUT2D eigenvalue weighted by atomic mass is 9.86. The molecule has 5 nitrogen and oxygen atoms in total. The van der Waals surface area contributed by atoms with Crippen LogP contribution in [-0.2, 0) is 17.8 Å². The molecule has 2 aliphatic heterocycles. The highest BCUT2D eigenvalue weighted by atomic mass is 32.1. The fourth-order valence-corrected chi connectivity index (χ4v) is 5.53. The van der Waals surface area contributed by atoms with Gasteiger partial charge in [0.15, 0.2) is 6.61 Å². The number of rotatable bonds is 2. The van der Waals surface area contributed by atoms with Crippen LogP contribution in [0, 0.1) is 12.8 Å². The van der Waals surface area contributed by atoms with Gasteiger partial charge in [0.2, 0.25) is 0 Å². The second-order valence-corrected chi connectivity index (χ2v) is 9.30. The number of hydrogen-bond donors (Lipinski definition) is 0. The molecule has 1 aromatic carbocycles. The second-order valence-electron chi connectivity index (χ2n) is 8.36. The molecule has 1 saturated heterocycles. The molecule has 0 bridgehead atoms. The molecule has 1 amide bonds. The average Bonchev–Trinajstić information content (AvgIpc) is 3.13. The van der Waals surface area contributed by atoms with Gasteiger partial charge < -0.3 is 9.64 Å². The number of likely N-dealkylation sites (tertiary alicyclic amines) is 1. The fourth-order valence-electron chi connectivity index (χ4n) is 4.71. The summed E-state index contributed by atoms with van der Waals surface area (Å²) in [6.45, 7) is 5.28. The van der Waals surface area contributed by atoms with E-state index in [2.05, 4.69) is 28.9 Å². The first-order valence-electron chi connectivity index (χ1n) is 10.7. The van der Waals surface area contributed by atoms with Gasteiger partial charge in [0.05, 0.1) is 11.2 Å². The number of likely N-dealkylation sites (N-methyl/N-ethyl adjacent to an activating group) is 1. The normalized spacial score (nSPS) is 24.1. The Bertz CT molecular complexity index is 837. The number of carbonyl (C=O) groups is 1. The Kier molecular flexibility index (Phi) is 6.50. The number of aromatic nitrogens is 1. The van der Waals surface area contributed by atoms with Gasteiger partial charge in [0.1, 0.15) is 5.75 Å². The maximum Gasteiger partial charge on any atom is 0.260 e. The van der Waals surface area contributed by atoms with Crippen LogP contribution in [0.25, 0.3) is 0 Å². The molecule has 0 N–H and O–H groups in total. The average molecular weight is 414 g/mol. The van der Waals surface area contributed by atoms with Crippen molar-refractivity contribution in [2.45, 2.75) is 51.6 Å². The standard InChI is InChI=1S/C23H31N3O2S/c1-17-22(29-16-24-17)14-26-12-11-20-19(13-26)9-4-3-7-18-8-5-6-10-21(18)28-15-23(27)25(20)2/h5-6,8,10,16,19-20H,3-4,7,9,11-15H2,1-2H3/t19-,20+/m0/s1. The summed E-state index contributed by atoms with van der Waals surface area (Å²) in [5.41, 5.74) is 4.31. The van der Waals surface area contributed by atoms with Crippen molar-refractivity contribution in [2.24, 2.45) is 5.92 Å². The summed E-state index contributed by atoms with van der Waals surface area (Å²) < 4.78 is 5.92. The van der Waals surface area contributed by atoms with E-state index >= 15 is 0 Å². The van der Waals surface area contributed by atoms with Crippen LogP contribution in [-0.4, -0.2) is 53.5 Å². The number of carbonyl (C=O) groups excluding carboxylic acids is 1. The number of para-hydroxylation sites is 1. The summed E-state index contributed by atoms with van der Waals surface area (Å²) in [6.07, 6.45) is 5.56. The number of fused-ring (bicyclic) bond motifs is 2. The van der Waals surface area contributed by atoms with E-state index in [9.17, 15) is 4.79 Å². The molecule has 156 valence electrons. The Labute approximate surface area is 177 Å². The van der Waals surface area contributed by atoms with Crippen LogP contribution in [0.5, 0.6) is 5.75 Å². The van der Waals surface area contributed by atoms with Gasteiger partial charge in [-0.15, -0.1) is 11.3 Å². The largest absolute Gasteiger partial charge is 0.483 e. The lowest BCUT2D eigenvalue weighted by molar-refractivity contribution is -0.136. The molecule has 6 heteroatoms. The first-order valence-corrected chi connectivity index (χ1v) is 11.6. The minimum atomic E-state index is 0.0853. The summed E-state index contributed by atoms with van der Waals surface area (Å²) in [5, 5.41) is 0. The molecule has 0 spiro atoms. The Morgan fingerprint density at radius 2 is 2.10 bits per heavy atom. The third-order valence-corrected chi connectivity index (χ3v) is 7.40. The van der Waals surface area contributed by atoms with Gasteiger partial charge in [-0.2, -0.15) is 0 Å². The number of thiazole rings is 1. The molecule has 2 aliphatic rings. The minimum absolute atomic E-state index is 0.0853. The number of benzene rings is 1. The predicted molar refractivity (Wildman–Crippen MR) is 116 cm³/mol. The zero-order valence-corrected chi connectivity index (χ0v) is 18.3. The van der Waals surface area contributed by atoms with Gasteiger partial charge in [-0.25, -0.2) is 4.98 Å². The van der Waals surface area contributed by atoms with Crippen LogP contribution < -0.4 is 4.74 Å². The first kappa shape index (κ1) is 20.4. The molecule has 0 aliphatic carbocycles. The van der Waals surface area contributed by atoms with Gasteiger partial charge >= 0.3 is 0 Å². The van der Waals surface area contributed by atoms with Crippen LogP contribution in [0.3, 0.4) is 0 Å². The molecule has 2 atom stereocenters. The van der Waals surface area contributed by atoms with Gasteiger partial charge in [0, 0.05) is 37.6 Å². The number of piperidine rings is 1. The van der Waals surface area contributed by atoms with E-state index in [1.54, 1.807) is 11.3 Å². The summed E-state index contributed by atoms with van der Waals surface area (Å²) in [5.74, 6) is 1.46. The first-order chi connectivity index (χ1) is 14.1. The zero-order valence-electron chi connectivity index (χ0n) is 17.5. The van der Waals surface area contributed by atoms with E-state index in [1.165, 1.54) is 23.3 Å². The quantitative estimate of drug-likeness (QED) is 0.749. The van der Waals surface area contributed by atoms with E-state index in [-0.39, 0.29) is 12.5 Å². The van der Waals surface area contributed by atoms with E-state index in [0.717, 1.165) is 50.3 Å². The molecule has 29 heavy (non-hydrogen) atoms. The highest BCUT2D eigenvalue weighted by molar-refractivity contribution is 7.09. The molecule has 4 rings (SSSR count). The van der Waals surface area contributed by atoms with Crippen molar-refractivity contribution < 1.29 is 9.53 Å². The lowest BCUT2D eigenvalue weighted by Gasteiger charge is -2.43. The summed E-state index contributed by atoms with van der Waals surface area (Å²) in [6, 6.07) is 8.45. The number of amides is 1. The molecular weight excluding hydrogens is 382 g/mol. The van der Waals surface area contributed by atoms with Crippen LogP contribution >= 0.6 is 11.3 Å². The number of hydrogen-bond acceptors (Lipinski definition) is 5. The highest BCUT2D eigenvalue weighted by Gasteiger charge is 2.34. The number of nitrogens with zero attached hydrogens (tertiary/aromatic N) is 3. The van der Waals surface area contributed by atoms with Crippen molar-refractivity contribution >= 4 is 17.2 Å². The molecule has 0 radical (unpaired) electrons. The third-order valence-electron chi connectivity index (χ3n) is 6.48. The van der Waals surface area contributed by atoms with Crippen molar-refractivity contribution in [3.05, 3.63) is 45.9 Å². The minimum Gasteiger partial charge on any atom is -0.483 e. The molecule has 0 unspecified atom stereocenters. The zero-order chi connectivity index (χ0) is 20.2. The van der Waals surface area contributed by atoms with Gasteiger partial charge in [-0.1, -0.05) is 24.6 Å². The Morgan fingerprint density at radius 1 is 1.24 bits per heavy atom. The fraction of sp³-hybridized carbons (Fsp3) is 0.565. The smallest absolute Gasteiger partial charge is 0.260 e. The van der Waals surface area contributed by atoms with Crippen molar-refractivity contribution in [1.29, 1.82) is 0 Å². The van der Waals surface area contributed by atoms with Crippen LogP contribution in [0.15, 0.2) is 29.8 Å². The van der Waals surface area contributed by atoms with Crippen LogP contribution in [0.1, 0.15) is 41.8 Å². The van der Waals surface area contributed by atoms with Crippen LogP contribution in [0.2, 0.25) is 0 Å². The summed E-state index contributed by atoms with van der Waals surface area (Å²) in [4.78, 5) is 23.1.